The van der Waals surface area contributed by atoms with Gasteiger partial charge in [-0.3, -0.25) is 0 Å². The fourth-order valence-corrected chi connectivity index (χ4v) is 9.29. The van der Waals surface area contributed by atoms with Gasteiger partial charge in [0.25, 0.3) is 11.2 Å². The number of alkyl halides is 6. The molecule has 13 heteroatoms. The van der Waals surface area contributed by atoms with E-state index in [9.17, 15) is 40.7 Å². The van der Waals surface area contributed by atoms with Crippen molar-refractivity contribution in [2.75, 3.05) is 14.2 Å². The molecular weight excluding hydrogens is 706 g/mol. The molecule has 7 nitrogen and oxygen atoms in total. The number of esters is 2. The minimum absolute atomic E-state index is 0.00223. The van der Waals surface area contributed by atoms with Crippen LogP contribution in [0, 0.1) is 28.1 Å². The quantitative estimate of drug-likeness (QED) is 0.104. The smallest absolute Gasteiger partial charge is 0.432 e. The van der Waals surface area contributed by atoms with E-state index in [-0.39, 0.29) is 19.3 Å². The number of benzene rings is 2. The summed E-state index contributed by atoms with van der Waals surface area (Å²) in [7, 11) is 1.55. The molecule has 53 heavy (non-hydrogen) atoms. The van der Waals surface area contributed by atoms with Gasteiger partial charge in [0.2, 0.25) is 0 Å². The summed E-state index contributed by atoms with van der Waals surface area (Å²) in [5, 5.41) is 0. The number of hydrogen-bond donors (Lipinski definition) is 0. The minimum atomic E-state index is -5.22. The van der Waals surface area contributed by atoms with E-state index >= 15 is 0 Å². The van der Waals surface area contributed by atoms with Crippen molar-refractivity contribution in [3.63, 3.8) is 0 Å². The van der Waals surface area contributed by atoms with Gasteiger partial charge in [-0.15, -0.1) is 6.58 Å². The summed E-state index contributed by atoms with van der Waals surface area (Å²) in [6.07, 6.45) is -7.63. The Morgan fingerprint density at radius 2 is 1.25 bits per heavy atom. The Kier molecular flexibility index (Phi) is 10.6. The van der Waals surface area contributed by atoms with E-state index in [0.29, 0.717) is 19.1 Å². The molecule has 0 saturated heterocycles. The fraction of sp³-hybridized carbons (Fsp3) is 0.525. The molecule has 2 fully saturated rings. The highest BCUT2D eigenvalue weighted by molar-refractivity contribution is 5.84. The summed E-state index contributed by atoms with van der Waals surface area (Å²) in [6, 6.07) is 12.9. The van der Waals surface area contributed by atoms with Crippen LogP contribution in [0.4, 0.5) is 26.3 Å². The second-order valence-corrected chi connectivity index (χ2v) is 15.0. The monoisotopic (exact) mass is 750 g/mol. The molecule has 3 aliphatic rings. The molecule has 0 spiro atoms. The number of carbonyl (C=O) groups excluding carboxylic acids is 3. The molecule has 3 aliphatic carbocycles. The summed E-state index contributed by atoms with van der Waals surface area (Å²) in [4.78, 5) is 40.6. The van der Waals surface area contributed by atoms with Gasteiger partial charge in [0.05, 0.1) is 5.41 Å². The van der Waals surface area contributed by atoms with Crippen LogP contribution in [0.2, 0.25) is 0 Å². The number of halogens is 6. The van der Waals surface area contributed by atoms with Crippen LogP contribution in [-0.2, 0) is 44.5 Å². The maximum absolute atomic E-state index is 14.8. The Bertz CT molecular complexity index is 1730. The molecule has 0 aromatic heterocycles. The van der Waals surface area contributed by atoms with Crippen molar-refractivity contribution in [2.45, 2.75) is 88.6 Å². The van der Waals surface area contributed by atoms with Crippen LogP contribution in [0.5, 0.6) is 0 Å². The molecule has 288 valence electrons. The van der Waals surface area contributed by atoms with Gasteiger partial charge in [0.15, 0.2) is 0 Å². The number of ether oxygens (including phenoxy) is 4. The van der Waals surface area contributed by atoms with Crippen molar-refractivity contribution in [3.05, 3.63) is 96.1 Å². The molecular formula is C40H44F6O7. The minimum Gasteiger partial charge on any atom is -0.459 e. The highest BCUT2D eigenvalue weighted by Crippen LogP contribution is 2.64. The van der Waals surface area contributed by atoms with Crippen LogP contribution in [0.25, 0.3) is 0 Å². The topological polar surface area (TPSA) is 88.1 Å². The predicted octanol–water partition coefficient (Wildman–Crippen LogP) is 8.57. The molecule has 0 heterocycles. The van der Waals surface area contributed by atoms with Gasteiger partial charge >= 0.3 is 24.3 Å². The Labute approximate surface area is 304 Å². The number of aldehydes is 1. The Balaban J connectivity index is 1.48. The summed E-state index contributed by atoms with van der Waals surface area (Å²) in [5.74, 6) is -4.31. The first-order valence-corrected chi connectivity index (χ1v) is 17.3. The number of rotatable bonds is 10. The van der Waals surface area contributed by atoms with Crippen molar-refractivity contribution < 1.29 is 59.7 Å². The third kappa shape index (κ3) is 6.21. The van der Waals surface area contributed by atoms with E-state index in [1.807, 2.05) is 13.0 Å². The number of allylic oxidation sites excluding steroid dienone is 1. The van der Waals surface area contributed by atoms with Crippen molar-refractivity contribution in [3.8, 4) is 0 Å². The van der Waals surface area contributed by atoms with E-state index in [2.05, 4.69) is 6.58 Å². The molecule has 0 radical (unpaired) electrons. The lowest BCUT2D eigenvalue weighted by Crippen LogP contribution is -2.61. The molecule has 5 rings (SSSR count). The van der Waals surface area contributed by atoms with Gasteiger partial charge in [-0.05, 0) is 63.2 Å². The van der Waals surface area contributed by atoms with Gasteiger partial charge in [-0.2, -0.15) is 26.3 Å². The van der Waals surface area contributed by atoms with Crippen LogP contribution in [-0.4, -0.2) is 57.0 Å². The summed E-state index contributed by atoms with van der Waals surface area (Å²) in [6.45, 7) is 9.09. The standard InChI is InChI=1S/C40H44F6O7/c1-7-34(2)23-25-18-19-29-35(3,28(25)22-31(34)53-33(49)38(51-6,40(44,45)46)27-16-12-9-13-17-27)21-20-30(36(29,4)24-47)52-32(48)37(50-5,39(41,42)43)26-14-10-8-11-15-26/h7-17,23-24,28-31H,1,18-22H2,2-6H3/t28-,29+,30-,31+,34+,35+,36-,37+,38+/m1/s1. The van der Waals surface area contributed by atoms with E-state index < -0.39 is 86.9 Å². The summed E-state index contributed by atoms with van der Waals surface area (Å²) >= 11 is 0. The van der Waals surface area contributed by atoms with Crippen LogP contribution in [0.3, 0.4) is 0 Å². The molecule has 2 aromatic rings. The molecule has 0 unspecified atom stereocenters. The van der Waals surface area contributed by atoms with Crippen LogP contribution in [0.1, 0.15) is 64.0 Å². The van der Waals surface area contributed by atoms with E-state index in [1.54, 1.807) is 13.8 Å². The number of fused-ring (bicyclic) bond motifs is 3. The molecule has 0 N–H and O–H groups in total. The Morgan fingerprint density at radius 1 is 0.774 bits per heavy atom. The van der Waals surface area contributed by atoms with Gasteiger partial charge < -0.3 is 23.7 Å². The van der Waals surface area contributed by atoms with Crippen molar-refractivity contribution >= 4 is 18.2 Å². The lowest BCUT2D eigenvalue weighted by Gasteiger charge is -2.61. The molecule has 0 amide bonds. The van der Waals surface area contributed by atoms with Crippen molar-refractivity contribution in [1.82, 2.24) is 0 Å². The largest absolute Gasteiger partial charge is 0.459 e. The number of methoxy groups -OCH3 is 2. The third-order valence-electron chi connectivity index (χ3n) is 12.3. The predicted molar refractivity (Wildman–Crippen MR) is 181 cm³/mol. The van der Waals surface area contributed by atoms with Gasteiger partial charge in [-0.1, -0.05) is 85.3 Å². The van der Waals surface area contributed by atoms with Crippen LogP contribution < -0.4 is 0 Å². The SMILES string of the molecule is C=C[C@@]1(C)C=C2CC[C@@H]3[C@@](C)(C=O)[C@H](OC(=O)[C@@](OC)(c4ccccc4)C(F)(F)F)CC[C@@]3(C)[C@@H]2C[C@@H]1OC(=O)[C@@](OC)(c1ccccc1)C(F)(F)F. The second kappa shape index (κ2) is 14.0. The first kappa shape index (κ1) is 40.2. The second-order valence-electron chi connectivity index (χ2n) is 15.0. The Morgan fingerprint density at radius 3 is 1.66 bits per heavy atom. The van der Waals surface area contributed by atoms with Crippen molar-refractivity contribution in [2.24, 2.45) is 28.1 Å². The molecule has 0 aliphatic heterocycles. The number of carbonyl (C=O) groups is 3. The maximum atomic E-state index is 14.8. The molecule has 0 bridgehead atoms. The van der Waals surface area contributed by atoms with Crippen LogP contribution >= 0.6 is 0 Å². The van der Waals surface area contributed by atoms with Crippen LogP contribution in [0.15, 0.2) is 85.0 Å². The third-order valence-corrected chi connectivity index (χ3v) is 12.3. The average Bonchev–Trinajstić information content (AvgIpc) is 3.11. The first-order valence-electron chi connectivity index (χ1n) is 17.3. The van der Waals surface area contributed by atoms with E-state index in [1.165, 1.54) is 42.5 Å². The molecule has 2 aromatic carbocycles. The van der Waals surface area contributed by atoms with Crippen molar-refractivity contribution in [1.29, 1.82) is 0 Å². The lowest BCUT2D eigenvalue weighted by atomic mass is 9.44. The zero-order chi connectivity index (χ0) is 39.3. The van der Waals surface area contributed by atoms with Gasteiger partial charge in [0, 0.05) is 30.8 Å². The normalized spacial score (nSPS) is 32.4. The highest BCUT2D eigenvalue weighted by Gasteiger charge is 2.68. The highest BCUT2D eigenvalue weighted by atomic mass is 19.4. The zero-order valence-electron chi connectivity index (χ0n) is 30.2. The van der Waals surface area contributed by atoms with E-state index in [0.717, 1.165) is 44.1 Å². The Hall–Kier alpha value is -3.97. The molecule has 9 atom stereocenters. The average molecular weight is 751 g/mol. The zero-order valence-corrected chi connectivity index (χ0v) is 30.2. The fourth-order valence-electron chi connectivity index (χ4n) is 9.29. The van der Waals surface area contributed by atoms with Gasteiger partial charge in [0.1, 0.15) is 18.5 Å². The lowest BCUT2D eigenvalue weighted by molar-refractivity contribution is -0.281. The maximum Gasteiger partial charge on any atom is 0.432 e. The van der Waals surface area contributed by atoms with Gasteiger partial charge in [-0.25, -0.2) is 9.59 Å². The summed E-state index contributed by atoms with van der Waals surface area (Å²) in [5.41, 5.74) is -10.2. The summed E-state index contributed by atoms with van der Waals surface area (Å²) < 4.78 is 110. The number of hydrogen-bond acceptors (Lipinski definition) is 7. The molecule has 2 saturated carbocycles. The first-order chi connectivity index (χ1) is 24.8. The van der Waals surface area contributed by atoms with E-state index in [4.69, 9.17) is 18.9 Å².